The quantitative estimate of drug-likeness (QED) is 0.484. The molecule has 2 N–H and O–H groups in total. The van der Waals surface area contributed by atoms with Crippen molar-refractivity contribution >= 4 is 16.6 Å². The maximum absolute atomic E-state index is 13.2. The Kier molecular flexibility index (Phi) is 6.03. The monoisotopic (exact) mass is 432 g/mol. The third-order valence-electron chi connectivity index (χ3n) is 6.82. The molecule has 5 rings (SSSR count). The van der Waals surface area contributed by atoms with E-state index in [0.717, 1.165) is 44.7 Å². The normalized spacial score (nSPS) is 20.6. The third kappa shape index (κ3) is 4.19. The molecule has 5 heteroatoms. The Hall–Kier alpha value is -2.63. The molecule has 1 saturated heterocycles. The van der Waals surface area contributed by atoms with E-state index in [1.807, 2.05) is 6.08 Å². The molecule has 0 amide bonds. The highest BCUT2D eigenvalue weighted by molar-refractivity contribution is 5.85. The van der Waals surface area contributed by atoms with Crippen LogP contribution in [-0.4, -0.2) is 59.7 Å². The number of likely N-dealkylation sites (tertiary alicyclic amines) is 1. The Labute approximate surface area is 190 Å². The number of nitrogens with one attached hydrogen (secondary N) is 2. The highest BCUT2D eigenvalue weighted by Gasteiger charge is 2.31. The van der Waals surface area contributed by atoms with Crippen LogP contribution in [0.2, 0.25) is 0 Å². The number of para-hydroxylation sites is 1. The molecule has 2 aromatic carbocycles. The van der Waals surface area contributed by atoms with E-state index in [1.165, 1.54) is 27.7 Å². The Morgan fingerprint density at radius 2 is 1.97 bits per heavy atom. The van der Waals surface area contributed by atoms with Crippen molar-refractivity contribution in [3.63, 3.8) is 0 Å². The van der Waals surface area contributed by atoms with Gasteiger partial charge in [-0.2, -0.15) is 0 Å². The van der Waals surface area contributed by atoms with Gasteiger partial charge in [-0.05, 0) is 49.1 Å². The number of aromatic amines is 1. The summed E-state index contributed by atoms with van der Waals surface area (Å²) in [5.41, 5.74) is 6.46. The number of hydrogen-bond donors (Lipinski definition) is 2. The number of H-pyrrole nitrogens is 1. The van der Waals surface area contributed by atoms with Crippen LogP contribution in [0.4, 0.5) is 10.1 Å². The summed E-state index contributed by atoms with van der Waals surface area (Å²) < 4.78 is 13.2. The molecule has 2 atom stereocenters. The summed E-state index contributed by atoms with van der Waals surface area (Å²) in [4.78, 5) is 8.47. The zero-order valence-electron chi connectivity index (χ0n) is 18.9. The van der Waals surface area contributed by atoms with Crippen molar-refractivity contribution in [3.8, 4) is 0 Å². The van der Waals surface area contributed by atoms with E-state index in [2.05, 4.69) is 75.2 Å². The summed E-state index contributed by atoms with van der Waals surface area (Å²) in [5, 5.41) is 4.95. The SMILES string of the molecule is C=CCCN1CCc2c([nH]c3ccccc23)[C@H]1c1ccc(NC2CN(C[C@H](C)F)C2)cc1. The van der Waals surface area contributed by atoms with Gasteiger partial charge in [0.1, 0.15) is 6.17 Å². The molecular formula is C27H33FN4. The molecule has 2 aliphatic rings. The summed E-state index contributed by atoms with van der Waals surface area (Å²) in [6.45, 7) is 9.97. The molecule has 0 aliphatic carbocycles. The van der Waals surface area contributed by atoms with Crippen LogP contribution in [0.1, 0.15) is 36.2 Å². The average molecular weight is 433 g/mol. The molecule has 168 valence electrons. The van der Waals surface area contributed by atoms with Crippen LogP contribution < -0.4 is 5.32 Å². The maximum Gasteiger partial charge on any atom is 0.110 e. The van der Waals surface area contributed by atoms with E-state index >= 15 is 0 Å². The first-order chi connectivity index (χ1) is 15.6. The first-order valence-electron chi connectivity index (χ1n) is 11.8. The first-order valence-corrected chi connectivity index (χ1v) is 11.8. The van der Waals surface area contributed by atoms with Gasteiger partial charge in [-0.1, -0.05) is 36.4 Å². The molecular weight excluding hydrogens is 399 g/mol. The standard InChI is InChI=1S/C27H33FN4/c1-3-4-14-32-15-13-24-23-7-5-6-8-25(23)30-26(24)27(32)20-9-11-21(12-10-20)29-22-17-31(18-22)16-19(2)28/h3,5-12,19,22,27,29-30H,1,4,13-18H2,2H3/t19-,27+/m0/s1. The van der Waals surface area contributed by atoms with Crippen molar-refractivity contribution in [2.45, 2.75) is 38.0 Å². The molecule has 0 saturated carbocycles. The predicted molar refractivity (Wildman–Crippen MR) is 131 cm³/mol. The number of aromatic nitrogens is 1. The number of nitrogens with zero attached hydrogens (tertiary/aromatic N) is 2. The fraction of sp³-hybridized carbons (Fsp3) is 0.407. The van der Waals surface area contributed by atoms with E-state index < -0.39 is 6.17 Å². The highest BCUT2D eigenvalue weighted by Crippen LogP contribution is 2.38. The van der Waals surface area contributed by atoms with Crippen LogP contribution in [0.5, 0.6) is 0 Å². The Bertz CT molecular complexity index is 1060. The van der Waals surface area contributed by atoms with E-state index in [4.69, 9.17) is 0 Å². The van der Waals surface area contributed by atoms with Gasteiger partial charge in [0, 0.05) is 55.0 Å². The van der Waals surface area contributed by atoms with Gasteiger partial charge < -0.3 is 10.3 Å². The molecule has 0 unspecified atom stereocenters. The molecule has 0 radical (unpaired) electrons. The fourth-order valence-electron chi connectivity index (χ4n) is 5.33. The molecule has 1 aromatic heterocycles. The van der Waals surface area contributed by atoms with Gasteiger partial charge in [-0.3, -0.25) is 9.80 Å². The van der Waals surface area contributed by atoms with Crippen LogP contribution in [-0.2, 0) is 6.42 Å². The number of fused-ring (bicyclic) bond motifs is 3. The van der Waals surface area contributed by atoms with Crippen LogP contribution in [0.15, 0.2) is 61.2 Å². The number of anilines is 1. The van der Waals surface area contributed by atoms with E-state index in [0.29, 0.717) is 12.6 Å². The maximum atomic E-state index is 13.2. The lowest BCUT2D eigenvalue weighted by Gasteiger charge is -2.40. The van der Waals surface area contributed by atoms with Crippen LogP contribution >= 0.6 is 0 Å². The molecule has 0 spiro atoms. The van der Waals surface area contributed by atoms with Gasteiger partial charge in [0.25, 0.3) is 0 Å². The summed E-state index contributed by atoms with van der Waals surface area (Å²) in [6, 6.07) is 18.2. The molecule has 4 nitrogen and oxygen atoms in total. The lowest BCUT2D eigenvalue weighted by molar-refractivity contribution is 0.123. The Morgan fingerprint density at radius 3 is 2.72 bits per heavy atom. The molecule has 3 aromatic rings. The van der Waals surface area contributed by atoms with Gasteiger partial charge in [0.05, 0.1) is 12.1 Å². The lowest BCUT2D eigenvalue weighted by atomic mass is 9.92. The highest BCUT2D eigenvalue weighted by atomic mass is 19.1. The van der Waals surface area contributed by atoms with Gasteiger partial charge in [-0.15, -0.1) is 6.58 Å². The Balaban J connectivity index is 1.36. The van der Waals surface area contributed by atoms with E-state index in [-0.39, 0.29) is 6.04 Å². The zero-order valence-corrected chi connectivity index (χ0v) is 18.9. The number of rotatable bonds is 8. The Morgan fingerprint density at radius 1 is 1.19 bits per heavy atom. The second-order valence-corrected chi connectivity index (χ2v) is 9.29. The van der Waals surface area contributed by atoms with Crippen LogP contribution in [0.3, 0.4) is 0 Å². The van der Waals surface area contributed by atoms with Crippen LogP contribution in [0, 0.1) is 0 Å². The minimum atomic E-state index is -0.760. The largest absolute Gasteiger partial charge is 0.380 e. The number of halogens is 1. The second kappa shape index (κ2) is 9.08. The fourth-order valence-corrected chi connectivity index (χ4v) is 5.33. The van der Waals surface area contributed by atoms with Crippen molar-refractivity contribution < 1.29 is 4.39 Å². The molecule has 2 aliphatic heterocycles. The molecule has 0 bridgehead atoms. The smallest absolute Gasteiger partial charge is 0.110 e. The van der Waals surface area contributed by atoms with Gasteiger partial charge in [0.15, 0.2) is 0 Å². The van der Waals surface area contributed by atoms with E-state index in [1.54, 1.807) is 6.92 Å². The minimum absolute atomic E-state index is 0.227. The molecule has 3 heterocycles. The zero-order chi connectivity index (χ0) is 22.1. The van der Waals surface area contributed by atoms with E-state index in [9.17, 15) is 4.39 Å². The predicted octanol–water partition coefficient (Wildman–Crippen LogP) is 5.15. The van der Waals surface area contributed by atoms with Crippen molar-refractivity contribution in [2.75, 3.05) is 38.0 Å². The molecule has 1 fully saturated rings. The van der Waals surface area contributed by atoms with Crippen molar-refractivity contribution in [2.24, 2.45) is 0 Å². The van der Waals surface area contributed by atoms with Crippen molar-refractivity contribution in [3.05, 3.63) is 78.0 Å². The van der Waals surface area contributed by atoms with Gasteiger partial charge in [-0.25, -0.2) is 4.39 Å². The number of alkyl halides is 1. The average Bonchev–Trinajstić information content (AvgIpc) is 3.15. The molecule has 32 heavy (non-hydrogen) atoms. The summed E-state index contributed by atoms with van der Waals surface area (Å²) in [7, 11) is 0. The topological polar surface area (TPSA) is 34.3 Å². The third-order valence-corrected chi connectivity index (χ3v) is 6.82. The lowest BCUT2D eigenvalue weighted by Crippen LogP contribution is -2.55. The number of benzene rings is 2. The second-order valence-electron chi connectivity index (χ2n) is 9.29. The first kappa shape index (κ1) is 21.2. The van der Waals surface area contributed by atoms with Crippen molar-refractivity contribution in [1.82, 2.24) is 14.8 Å². The van der Waals surface area contributed by atoms with Crippen molar-refractivity contribution in [1.29, 1.82) is 0 Å². The summed E-state index contributed by atoms with van der Waals surface area (Å²) in [5.74, 6) is 0. The van der Waals surface area contributed by atoms with Crippen LogP contribution in [0.25, 0.3) is 10.9 Å². The minimum Gasteiger partial charge on any atom is -0.380 e. The van der Waals surface area contributed by atoms with Gasteiger partial charge >= 0.3 is 0 Å². The number of hydrogen-bond acceptors (Lipinski definition) is 3. The summed E-state index contributed by atoms with van der Waals surface area (Å²) in [6.07, 6.45) is 3.31. The van der Waals surface area contributed by atoms with Gasteiger partial charge in [0.2, 0.25) is 0 Å². The summed E-state index contributed by atoms with van der Waals surface area (Å²) >= 11 is 0.